The summed E-state index contributed by atoms with van der Waals surface area (Å²) in [5.74, 6) is 1.15. The van der Waals surface area contributed by atoms with E-state index in [2.05, 4.69) is 95.6 Å². The zero-order chi connectivity index (χ0) is 38.9. The van der Waals surface area contributed by atoms with Crippen molar-refractivity contribution in [2.24, 2.45) is 15.9 Å². The van der Waals surface area contributed by atoms with Crippen LogP contribution in [0.2, 0.25) is 0 Å². The molecule has 6 heteroatoms. The maximum atomic E-state index is 11.1. The molecule has 6 nitrogen and oxygen atoms in total. The summed E-state index contributed by atoms with van der Waals surface area (Å²) in [7, 11) is 2.31. The van der Waals surface area contributed by atoms with Crippen molar-refractivity contribution in [2.75, 3.05) is 7.05 Å². The number of hydrogen-bond donors (Lipinski definition) is 2. The average Bonchev–Trinajstić information content (AvgIpc) is 3.79. The Balaban J connectivity index is 1.31. The quantitative estimate of drug-likeness (QED) is 0.204. The van der Waals surface area contributed by atoms with Crippen LogP contribution < -0.4 is 0 Å². The summed E-state index contributed by atoms with van der Waals surface area (Å²) in [5, 5.41) is 22.1. The molecular weight excluding hydrogens is 665 g/mol. The van der Waals surface area contributed by atoms with Gasteiger partial charge in [0.05, 0.1) is 11.4 Å². The van der Waals surface area contributed by atoms with Gasteiger partial charge in [-0.05, 0) is 115 Å². The molecule has 3 aliphatic rings. The van der Waals surface area contributed by atoms with E-state index in [9.17, 15) is 10.2 Å². The third kappa shape index (κ3) is 9.13. The van der Waals surface area contributed by atoms with Gasteiger partial charge >= 0.3 is 0 Å². The van der Waals surface area contributed by atoms with Gasteiger partial charge in [0, 0.05) is 54.3 Å². The number of aliphatic imine (C=N–C) groups is 2. The highest BCUT2D eigenvalue weighted by atomic mass is 16.3. The van der Waals surface area contributed by atoms with E-state index in [-0.39, 0.29) is 22.3 Å². The molecule has 292 valence electrons. The molecule has 0 aliphatic heterocycles. The lowest BCUT2D eigenvalue weighted by molar-refractivity contribution is 0.0596. The Bertz CT molecular complexity index is 1820. The summed E-state index contributed by atoms with van der Waals surface area (Å²) in [6.07, 6.45) is 17.3. The lowest BCUT2D eigenvalue weighted by Crippen LogP contribution is -2.48. The van der Waals surface area contributed by atoms with Crippen LogP contribution in [0.4, 0.5) is 11.4 Å². The van der Waals surface area contributed by atoms with Gasteiger partial charge < -0.3 is 10.2 Å². The van der Waals surface area contributed by atoms with Crippen LogP contribution >= 0.6 is 0 Å². The first-order chi connectivity index (χ1) is 25.5. The van der Waals surface area contributed by atoms with Crippen LogP contribution in [-0.4, -0.2) is 63.7 Å². The molecule has 2 N–H and O–H groups in total. The van der Waals surface area contributed by atoms with Crippen molar-refractivity contribution in [3.63, 3.8) is 0 Å². The third-order valence-corrected chi connectivity index (χ3v) is 12.7. The van der Waals surface area contributed by atoms with E-state index in [1.165, 1.54) is 69.8 Å². The molecule has 0 radical (unpaired) electrons. The molecule has 0 amide bonds. The van der Waals surface area contributed by atoms with Crippen LogP contribution in [0.5, 0.6) is 11.5 Å². The van der Waals surface area contributed by atoms with Crippen LogP contribution in [-0.2, 0) is 17.4 Å². The van der Waals surface area contributed by atoms with Crippen molar-refractivity contribution < 1.29 is 10.2 Å². The number of aromatic hydroxyl groups is 2. The second-order valence-corrected chi connectivity index (χ2v) is 19.1. The normalized spacial score (nSPS) is 22.0. The Morgan fingerprint density at radius 3 is 1.57 bits per heavy atom. The molecule has 0 heterocycles. The number of nitrogens with zero attached hydrogens (tertiary/aromatic N) is 4. The van der Waals surface area contributed by atoms with Crippen molar-refractivity contribution in [3.8, 4) is 11.5 Å². The molecule has 6 rings (SSSR count). The van der Waals surface area contributed by atoms with Crippen LogP contribution in [0.1, 0.15) is 152 Å². The van der Waals surface area contributed by atoms with Gasteiger partial charge in [0.1, 0.15) is 11.5 Å². The van der Waals surface area contributed by atoms with Crippen LogP contribution in [0.15, 0.2) is 52.4 Å². The summed E-state index contributed by atoms with van der Waals surface area (Å²) in [5.41, 5.74) is 7.90. The van der Waals surface area contributed by atoms with Gasteiger partial charge in [-0.2, -0.15) is 0 Å². The summed E-state index contributed by atoms with van der Waals surface area (Å²) in [6.45, 7) is 20.3. The number of hydrogen-bond acceptors (Lipinski definition) is 6. The zero-order valence-electron chi connectivity index (χ0n) is 35.0. The number of phenols is 2. The molecule has 0 spiro atoms. The Labute approximate surface area is 326 Å². The highest BCUT2D eigenvalue weighted by molar-refractivity contribution is 5.90. The second kappa shape index (κ2) is 16.3. The topological polar surface area (TPSA) is 71.7 Å². The lowest BCUT2D eigenvalue weighted by atomic mass is 9.85. The van der Waals surface area contributed by atoms with E-state index in [0.29, 0.717) is 29.1 Å². The Morgan fingerprint density at radius 2 is 1.11 bits per heavy atom. The van der Waals surface area contributed by atoms with E-state index in [1.807, 2.05) is 26.0 Å². The van der Waals surface area contributed by atoms with E-state index in [0.717, 1.165) is 52.3 Å². The van der Waals surface area contributed by atoms with E-state index >= 15 is 0 Å². The van der Waals surface area contributed by atoms with Gasteiger partial charge in [-0.3, -0.25) is 19.8 Å². The standard InChI is InChI=1S/C48H68N4O2/c1-31-23-37(47(4,5)6)26-35(45(31)53)28-49-41-22-21-34(25-42(41)50-29-36-27-38(48(7,8)9)24-32(2)46(36)54)30-51(10)43-33(3)44(43)52(39-17-13-11-14-18-39)40-19-15-12-16-20-40/h21-29,33,39-40,43-44,53-54H,11-20,30H2,1-10H3. The maximum Gasteiger partial charge on any atom is 0.127 e. The van der Waals surface area contributed by atoms with Crippen molar-refractivity contribution in [2.45, 2.75) is 168 Å². The largest absolute Gasteiger partial charge is 0.507 e. The highest BCUT2D eigenvalue weighted by Gasteiger charge is 2.55. The monoisotopic (exact) mass is 733 g/mol. The van der Waals surface area contributed by atoms with Gasteiger partial charge in [0.15, 0.2) is 0 Å². The first-order valence-corrected chi connectivity index (χ1v) is 20.9. The third-order valence-electron chi connectivity index (χ3n) is 12.7. The molecule has 54 heavy (non-hydrogen) atoms. The van der Waals surface area contributed by atoms with Crippen molar-refractivity contribution in [1.82, 2.24) is 9.80 Å². The van der Waals surface area contributed by atoms with Gasteiger partial charge in [-0.15, -0.1) is 0 Å². The summed E-state index contributed by atoms with van der Waals surface area (Å²) < 4.78 is 0. The first kappa shape index (κ1) is 40.2. The molecule has 0 bridgehead atoms. The van der Waals surface area contributed by atoms with Gasteiger partial charge in [-0.25, -0.2) is 0 Å². The first-order valence-electron chi connectivity index (χ1n) is 20.9. The van der Waals surface area contributed by atoms with Crippen LogP contribution in [0.3, 0.4) is 0 Å². The zero-order valence-corrected chi connectivity index (χ0v) is 35.0. The molecule has 0 saturated heterocycles. The van der Waals surface area contributed by atoms with Crippen molar-refractivity contribution in [1.29, 1.82) is 0 Å². The lowest BCUT2D eigenvalue weighted by Gasteiger charge is -2.43. The molecule has 3 atom stereocenters. The SMILES string of the molecule is Cc1cc(C(C)(C)C)cc(C=Nc2ccc(CN(C)C3C(C)C3N(C3CCCCC3)C3CCCCC3)cc2N=Cc2cc(C(C)(C)C)cc(C)c2O)c1O. The summed E-state index contributed by atoms with van der Waals surface area (Å²) in [4.78, 5) is 15.6. The molecule has 3 unspecified atom stereocenters. The predicted molar refractivity (Wildman–Crippen MR) is 228 cm³/mol. The van der Waals surface area contributed by atoms with Gasteiger partial charge in [-0.1, -0.05) is 105 Å². The number of rotatable bonds is 10. The van der Waals surface area contributed by atoms with E-state index in [1.54, 1.807) is 12.4 Å². The Hall–Kier alpha value is -3.48. The molecule has 3 aromatic rings. The molecular formula is C48H68N4O2. The smallest absolute Gasteiger partial charge is 0.127 e. The highest BCUT2D eigenvalue weighted by Crippen LogP contribution is 2.46. The van der Waals surface area contributed by atoms with Crippen molar-refractivity contribution >= 4 is 23.8 Å². The predicted octanol–water partition coefficient (Wildman–Crippen LogP) is 11.6. The summed E-state index contributed by atoms with van der Waals surface area (Å²) >= 11 is 0. The molecule has 3 aromatic carbocycles. The molecule has 3 saturated carbocycles. The number of benzene rings is 3. The Kier molecular flexibility index (Phi) is 12.1. The summed E-state index contributed by atoms with van der Waals surface area (Å²) in [6, 6.07) is 17.3. The minimum Gasteiger partial charge on any atom is -0.507 e. The Morgan fingerprint density at radius 1 is 0.648 bits per heavy atom. The molecule has 3 aliphatic carbocycles. The second-order valence-electron chi connectivity index (χ2n) is 19.1. The fourth-order valence-corrected chi connectivity index (χ4v) is 9.30. The fraction of sp³-hybridized carbons (Fsp3) is 0.583. The van der Waals surface area contributed by atoms with Crippen LogP contribution in [0.25, 0.3) is 0 Å². The number of likely N-dealkylation sites (N-methyl/N-ethyl adjacent to an activating group) is 1. The fourth-order valence-electron chi connectivity index (χ4n) is 9.30. The molecule has 3 fully saturated rings. The van der Waals surface area contributed by atoms with Crippen molar-refractivity contribution in [3.05, 3.63) is 81.4 Å². The average molecular weight is 733 g/mol. The van der Waals surface area contributed by atoms with E-state index < -0.39 is 0 Å². The van der Waals surface area contributed by atoms with Crippen LogP contribution in [0, 0.1) is 19.8 Å². The minimum atomic E-state index is -0.0654. The maximum absolute atomic E-state index is 11.1. The molecule has 0 aromatic heterocycles. The van der Waals surface area contributed by atoms with Gasteiger partial charge in [0.2, 0.25) is 0 Å². The number of phenolic OH excluding ortho intramolecular Hbond substituents is 2. The van der Waals surface area contributed by atoms with Gasteiger partial charge in [0.25, 0.3) is 0 Å². The van der Waals surface area contributed by atoms with E-state index in [4.69, 9.17) is 9.98 Å². The minimum absolute atomic E-state index is 0.0617. The number of aryl methyl sites for hydroxylation is 2.